The largest absolute Gasteiger partial charge is 0.497 e. The van der Waals surface area contributed by atoms with E-state index in [0.717, 1.165) is 33.2 Å². The van der Waals surface area contributed by atoms with Crippen molar-refractivity contribution in [2.24, 2.45) is 0 Å². The molecule has 140 valence electrons. The number of nitrogens with zero attached hydrogens (tertiary/aromatic N) is 3. The number of thiazole rings is 1. The molecule has 0 atom stereocenters. The smallest absolute Gasteiger partial charge is 0.195 e. The average Bonchev–Trinajstić information content (AvgIpc) is 3.28. The van der Waals surface area contributed by atoms with Crippen LogP contribution in [0.1, 0.15) is 11.3 Å². The van der Waals surface area contributed by atoms with Gasteiger partial charge >= 0.3 is 0 Å². The van der Waals surface area contributed by atoms with Crippen LogP contribution in [0.4, 0.5) is 0 Å². The summed E-state index contributed by atoms with van der Waals surface area (Å²) in [6.45, 7) is 2.07. The lowest BCUT2D eigenvalue weighted by molar-refractivity contribution is 0.404. The molecular weight excluding hydrogens is 370 g/mol. The van der Waals surface area contributed by atoms with E-state index in [-0.39, 0.29) is 6.42 Å². The minimum absolute atomic E-state index is 0.243. The first-order valence-electron chi connectivity index (χ1n) is 8.81. The van der Waals surface area contributed by atoms with E-state index in [1.807, 2.05) is 18.2 Å². The number of methoxy groups -OCH3 is 2. The van der Waals surface area contributed by atoms with Crippen LogP contribution in [-0.2, 0) is 6.42 Å². The van der Waals surface area contributed by atoms with Crippen molar-refractivity contribution in [3.05, 3.63) is 59.1 Å². The zero-order chi connectivity index (χ0) is 19.7. The van der Waals surface area contributed by atoms with Gasteiger partial charge in [-0.25, -0.2) is 4.98 Å². The summed E-state index contributed by atoms with van der Waals surface area (Å²) in [6, 6.07) is 16.3. The summed E-state index contributed by atoms with van der Waals surface area (Å²) in [5, 5.41) is 11.6. The summed E-state index contributed by atoms with van der Waals surface area (Å²) in [6.07, 6.45) is 0.243. The van der Waals surface area contributed by atoms with Gasteiger partial charge in [0.15, 0.2) is 4.96 Å². The van der Waals surface area contributed by atoms with Gasteiger partial charge in [-0.05, 0) is 30.7 Å². The maximum absolute atomic E-state index is 9.49. The van der Waals surface area contributed by atoms with Crippen molar-refractivity contribution in [3.8, 4) is 40.1 Å². The van der Waals surface area contributed by atoms with E-state index in [1.54, 1.807) is 25.6 Å². The number of hydrogen-bond donors (Lipinski definition) is 0. The molecule has 0 unspecified atom stereocenters. The highest BCUT2D eigenvalue weighted by Crippen LogP contribution is 2.38. The normalized spacial score (nSPS) is 10.8. The molecule has 0 radical (unpaired) electrons. The van der Waals surface area contributed by atoms with Crippen LogP contribution in [0.15, 0.2) is 47.8 Å². The molecule has 6 heteroatoms. The van der Waals surface area contributed by atoms with E-state index < -0.39 is 0 Å². The lowest BCUT2D eigenvalue weighted by atomic mass is 10.1. The molecule has 0 bridgehead atoms. The zero-order valence-electron chi connectivity index (χ0n) is 15.9. The Morgan fingerprint density at radius 3 is 2.57 bits per heavy atom. The van der Waals surface area contributed by atoms with Crippen LogP contribution < -0.4 is 9.47 Å². The van der Waals surface area contributed by atoms with Crippen LogP contribution in [0.5, 0.6) is 11.5 Å². The Morgan fingerprint density at radius 1 is 1.11 bits per heavy atom. The van der Waals surface area contributed by atoms with Crippen molar-refractivity contribution >= 4 is 16.3 Å². The van der Waals surface area contributed by atoms with Gasteiger partial charge in [-0.1, -0.05) is 29.8 Å². The van der Waals surface area contributed by atoms with Crippen molar-refractivity contribution in [2.75, 3.05) is 14.2 Å². The lowest BCUT2D eigenvalue weighted by Crippen LogP contribution is -1.97. The first kappa shape index (κ1) is 18.1. The predicted octanol–water partition coefficient (Wildman–Crippen LogP) is 5.12. The highest BCUT2D eigenvalue weighted by atomic mass is 32.1. The maximum Gasteiger partial charge on any atom is 0.195 e. The molecule has 28 heavy (non-hydrogen) atoms. The summed E-state index contributed by atoms with van der Waals surface area (Å²) in [7, 11) is 3.26. The number of aryl methyl sites for hydroxylation is 1. The topological polar surface area (TPSA) is 59.6 Å². The second-order valence-corrected chi connectivity index (χ2v) is 7.25. The molecule has 0 saturated carbocycles. The number of fused-ring (bicyclic) bond motifs is 1. The van der Waals surface area contributed by atoms with Gasteiger partial charge in [-0.2, -0.15) is 5.26 Å². The first-order valence-corrected chi connectivity index (χ1v) is 9.69. The summed E-state index contributed by atoms with van der Waals surface area (Å²) < 4.78 is 13.0. The summed E-state index contributed by atoms with van der Waals surface area (Å²) in [5.41, 5.74) is 5.75. The van der Waals surface area contributed by atoms with Crippen molar-refractivity contribution < 1.29 is 9.47 Å². The number of benzene rings is 2. The Hall–Kier alpha value is -3.30. The molecule has 0 N–H and O–H groups in total. The van der Waals surface area contributed by atoms with Crippen LogP contribution in [-0.4, -0.2) is 23.6 Å². The maximum atomic E-state index is 9.49. The van der Waals surface area contributed by atoms with E-state index in [2.05, 4.69) is 47.0 Å². The van der Waals surface area contributed by atoms with Crippen LogP contribution in [0.25, 0.3) is 27.5 Å². The molecule has 0 spiro atoms. The highest BCUT2D eigenvalue weighted by molar-refractivity contribution is 7.15. The van der Waals surface area contributed by atoms with Crippen LogP contribution in [0.3, 0.4) is 0 Å². The molecule has 4 rings (SSSR count). The van der Waals surface area contributed by atoms with Crippen molar-refractivity contribution in [1.82, 2.24) is 9.38 Å². The Morgan fingerprint density at radius 2 is 1.89 bits per heavy atom. The van der Waals surface area contributed by atoms with Crippen molar-refractivity contribution in [2.45, 2.75) is 13.3 Å². The van der Waals surface area contributed by atoms with Gasteiger partial charge in [0.1, 0.15) is 11.5 Å². The van der Waals surface area contributed by atoms with Gasteiger partial charge in [-0.3, -0.25) is 4.40 Å². The molecule has 2 heterocycles. The third kappa shape index (κ3) is 3.00. The summed E-state index contributed by atoms with van der Waals surface area (Å²) in [5.74, 6) is 1.41. The van der Waals surface area contributed by atoms with E-state index in [1.165, 1.54) is 5.56 Å². The minimum Gasteiger partial charge on any atom is -0.497 e. The van der Waals surface area contributed by atoms with Gasteiger partial charge in [0.2, 0.25) is 0 Å². The number of rotatable bonds is 5. The molecular formula is C22H19N3O2S. The molecule has 0 aliphatic carbocycles. The monoisotopic (exact) mass is 389 g/mol. The van der Waals surface area contributed by atoms with Crippen molar-refractivity contribution in [3.63, 3.8) is 0 Å². The molecule has 2 aromatic carbocycles. The minimum atomic E-state index is 0.243. The van der Waals surface area contributed by atoms with Crippen LogP contribution in [0, 0.1) is 18.3 Å². The number of nitriles is 1. The first-order chi connectivity index (χ1) is 13.7. The summed E-state index contributed by atoms with van der Waals surface area (Å²) >= 11 is 1.56. The van der Waals surface area contributed by atoms with E-state index in [4.69, 9.17) is 14.5 Å². The van der Waals surface area contributed by atoms with E-state index in [9.17, 15) is 5.26 Å². The van der Waals surface area contributed by atoms with E-state index in [0.29, 0.717) is 11.5 Å². The van der Waals surface area contributed by atoms with Gasteiger partial charge < -0.3 is 9.47 Å². The fourth-order valence-corrected chi connectivity index (χ4v) is 4.21. The van der Waals surface area contributed by atoms with Gasteiger partial charge in [0, 0.05) is 10.9 Å². The van der Waals surface area contributed by atoms with Gasteiger partial charge in [0.25, 0.3) is 0 Å². The van der Waals surface area contributed by atoms with Crippen LogP contribution in [0.2, 0.25) is 0 Å². The quantitative estimate of drug-likeness (QED) is 0.475. The summed E-state index contributed by atoms with van der Waals surface area (Å²) in [4.78, 5) is 5.69. The highest BCUT2D eigenvalue weighted by Gasteiger charge is 2.21. The zero-order valence-corrected chi connectivity index (χ0v) is 16.7. The predicted molar refractivity (Wildman–Crippen MR) is 111 cm³/mol. The third-order valence-corrected chi connectivity index (χ3v) is 5.54. The average molecular weight is 389 g/mol. The number of hydrogen-bond acceptors (Lipinski definition) is 5. The molecule has 0 amide bonds. The molecule has 4 aromatic rings. The lowest BCUT2D eigenvalue weighted by Gasteiger charge is -2.10. The molecule has 5 nitrogen and oxygen atoms in total. The van der Waals surface area contributed by atoms with Gasteiger partial charge in [-0.15, -0.1) is 11.3 Å². The number of aromatic nitrogens is 2. The van der Waals surface area contributed by atoms with E-state index >= 15 is 0 Å². The number of ether oxygens (including phenoxy) is 2. The second-order valence-electron chi connectivity index (χ2n) is 6.41. The van der Waals surface area contributed by atoms with Crippen molar-refractivity contribution in [1.29, 1.82) is 5.26 Å². The molecule has 0 aliphatic heterocycles. The fraction of sp³-hybridized carbons (Fsp3) is 0.182. The molecule has 0 fully saturated rings. The second kappa shape index (κ2) is 7.37. The van der Waals surface area contributed by atoms with Gasteiger partial charge in [0.05, 0.1) is 43.8 Å². The fourth-order valence-electron chi connectivity index (χ4n) is 3.29. The molecule has 0 aliphatic rings. The Bertz CT molecular complexity index is 1180. The Balaban J connectivity index is 1.98. The standard InChI is InChI=1S/C22H19N3O2S/c1-14-4-6-15(7-5-14)19-13-28-22-24-21(18(10-11-23)25(19)22)17-12-16(26-2)8-9-20(17)27-3/h4-9,12-13H,10H2,1-3H3. The Labute approximate surface area is 167 Å². The molecule has 0 saturated heterocycles. The molecule has 2 aromatic heterocycles. The SMILES string of the molecule is COc1ccc(OC)c(-c2nc3scc(-c4ccc(C)cc4)n3c2CC#N)c1. The Kier molecular flexibility index (Phi) is 4.76. The third-order valence-electron chi connectivity index (χ3n) is 4.71. The van der Waals surface area contributed by atoms with Crippen LogP contribution >= 0.6 is 11.3 Å². The number of imidazole rings is 1.